The van der Waals surface area contributed by atoms with Crippen LogP contribution in [0.5, 0.6) is 5.75 Å². The normalized spacial score (nSPS) is 10.2. The zero-order valence-corrected chi connectivity index (χ0v) is 16.0. The zero-order chi connectivity index (χ0) is 18.2. The van der Waals surface area contributed by atoms with Crippen molar-refractivity contribution in [2.75, 3.05) is 11.9 Å². The maximum absolute atomic E-state index is 13.6. The minimum absolute atomic E-state index is 0.00887. The summed E-state index contributed by atoms with van der Waals surface area (Å²) in [6, 6.07) is 11.3. The molecule has 2 aromatic rings. The summed E-state index contributed by atoms with van der Waals surface area (Å²) in [6.07, 6.45) is 1.89. The van der Waals surface area contributed by atoms with Crippen LogP contribution in [0.25, 0.3) is 0 Å². The Morgan fingerprint density at radius 1 is 1.28 bits per heavy atom. The topological polar surface area (TPSA) is 50.4 Å². The number of carbonyl (C=O) groups excluding carboxylic acids is 1. The van der Waals surface area contributed by atoms with E-state index >= 15 is 0 Å². The van der Waals surface area contributed by atoms with Crippen molar-refractivity contribution in [2.24, 2.45) is 0 Å². The Hall–Kier alpha value is -1.99. The summed E-state index contributed by atoms with van der Waals surface area (Å²) >= 11 is 8.43. The van der Waals surface area contributed by atoms with Crippen LogP contribution in [-0.2, 0) is 0 Å². The summed E-state index contributed by atoms with van der Waals surface area (Å²) < 4.78 is 20.1. The lowest BCUT2D eigenvalue weighted by Crippen LogP contribution is -2.34. The van der Waals surface area contributed by atoms with E-state index in [9.17, 15) is 9.18 Å². The van der Waals surface area contributed by atoms with Gasteiger partial charge in [0.25, 0.3) is 5.91 Å². The largest absolute Gasteiger partial charge is 0.493 e. The lowest BCUT2D eigenvalue weighted by molar-refractivity contribution is 0.0973. The Balaban J connectivity index is 2.07. The number of hydrogen-bond donors (Lipinski definition) is 2. The molecule has 4 nitrogen and oxygen atoms in total. The molecule has 0 unspecified atom stereocenters. The summed E-state index contributed by atoms with van der Waals surface area (Å²) in [5.74, 6) is -0.408. The number of para-hydroxylation sites is 1. The minimum Gasteiger partial charge on any atom is -0.493 e. The quantitative estimate of drug-likeness (QED) is 0.511. The lowest BCUT2D eigenvalue weighted by Gasteiger charge is -2.13. The predicted molar refractivity (Wildman–Crippen MR) is 105 cm³/mol. The third-order valence-corrected chi connectivity index (χ3v) is 3.99. The van der Waals surface area contributed by atoms with Gasteiger partial charge in [0.05, 0.1) is 17.9 Å². The van der Waals surface area contributed by atoms with Crippen LogP contribution in [0.3, 0.4) is 0 Å². The fraction of sp³-hybridized carbons (Fsp3) is 0.222. The van der Waals surface area contributed by atoms with Gasteiger partial charge in [-0.3, -0.25) is 10.1 Å². The molecule has 0 heterocycles. The molecule has 0 aliphatic carbocycles. The van der Waals surface area contributed by atoms with Crippen LogP contribution >= 0.6 is 28.1 Å². The van der Waals surface area contributed by atoms with Crippen molar-refractivity contribution in [2.45, 2.75) is 19.8 Å². The Morgan fingerprint density at radius 2 is 2.04 bits per heavy atom. The SMILES string of the molecule is CCCCOc1ccc(Br)cc1C(=O)NC(=S)Nc1ccccc1F. The number of carbonyl (C=O) groups is 1. The molecule has 2 aromatic carbocycles. The van der Waals surface area contributed by atoms with Crippen LogP contribution in [0.1, 0.15) is 30.1 Å². The van der Waals surface area contributed by atoms with Crippen molar-refractivity contribution < 1.29 is 13.9 Å². The highest BCUT2D eigenvalue weighted by Crippen LogP contribution is 2.23. The summed E-state index contributed by atoms with van der Waals surface area (Å²) in [4.78, 5) is 12.5. The van der Waals surface area contributed by atoms with Gasteiger partial charge in [0.1, 0.15) is 11.6 Å². The summed E-state index contributed by atoms with van der Waals surface area (Å²) in [7, 11) is 0. The van der Waals surface area contributed by atoms with Crippen molar-refractivity contribution in [1.29, 1.82) is 0 Å². The molecule has 0 bridgehead atoms. The number of ether oxygens (including phenoxy) is 1. The summed E-state index contributed by atoms with van der Waals surface area (Å²) in [6.45, 7) is 2.59. The number of hydrogen-bond acceptors (Lipinski definition) is 3. The fourth-order valence-corrected chi connectivity index (χ4v) is 2.58. The molecule has 7 heteroatoms. The minimum atomic E-state index is -0.454. The molecule has 25 heavy (non-hydrogen) atoms. The Labute approximate surface area is 159 Å². The molecule has 2 rings (SSSR count). The fourth-order valence-electron chi connectivity index (χ4n) is 2.02. The number of amides is 1. The van der Waals surface area contributed by atoms with Gasteiger partial charge in [-0.15, -0.1) is 0 Å². The average molecular weight is 425 g/mol. The van der Waals surface area contributed by atoms with Crippen LogP contribution in [-0.4, -0.2) is 17.6 Å². The second-order valence-electron chi connectivity index (χ2n) is 5.23. The van der Waals surface area contributed by atoms with E-state index in [1.54, 1.807) is 30.3 Å². The summed E-state index contributed by atoms with van der Waals surface area (Å²) in [5, 5.41) is 5.22. The molecule has 0 spiro atoms. The first-order valence-electron chi connectivity index (χ1n) is 7.80. The molecule has 0 aliphatic rings. The Bertz CT molecular complexity index is 770. The van der Waals surface area contributed by atoms with E-state index in [1.807, 2.05) is 0 Å². The van der Waals surface area contributed by atoms with Gasteiger partial charge in [-0.25, -0.2) is 4.39 Å². The van der Waals surface area contributed by atoms with Gasteiger partial charge in [-0.1, -0.05) is 41.4 Å². The smallest absolute Gasteiger partial charge is 0.261 e. The van der Waals surface area contributed by atoms with Crippen LogP contribution in [0, 0.1) is 5.82 Å². The third-order valence-electron chi connectivity index (χ3n) is 3.29. The van der Waals surface area contributed by atoms with E-state index in [0.29, 0.717) is 17.9 Å². The van der Waals surface area contributed by atoms with Gasteiger partial charge >= 0.3 is 0 Å². The highest BCUT2D eigenvalue weighted by Gasteiger charge is 2.15. The van der Waals surface area contributed by atoms with Crippen LogP contribution in [0.15, 0.2) is 46.9 Å². The van der Waals surface area contributed by atoms with Crippen molar-refractivity contribution in [3.05, 3.63) is 58.3 Å². The predicted octanol–water partition coefficient (Wildman–Crippen LogP) is 4.89. The molecule has 0 atom stereocenters. The van der Waals surface area contributed by atoms with E-state index in [-0.39, 0.29) is 10.8 Å². The molecule has 1 amide bonds. The van der Waals surface area contributed by atoms with E-state index in [0.717, 1.165) is 17.3 Å². The molecular weight excluding hydrogens is 407 g/mol. The van der Waals surface area contributed by atoms with Gasteiger partial charge in [-0.05, 0) is 49.0 Å². The number of thiocarbonyl (C=S) groups is 1. The van der Waals surface area contributed by atoms with Crippen molar-refractivity contribution in [3.63, 3.8) is 0 Å². The summed E-state index contributed by atoms with van der Waals surface area (Å²) in [5.41, 5.74) is 0.546. The van der Waals surface area contributed by atoms with Crippen LogP contribution in [0.2, 0.25) is 0 Å². The molecule has 0 fully saturated rings. The van der Waals surface area contributed by atoms with Gasteiger partial charge in [0.2, 0.25) is 0 Å². The van der Waals surface area contributed by atoms with E-state index in [4.69, 9.17) is 17.0 Å². The second kappa shape index (κ2) is 9.48. The van der Waals surface area contributed by atoms with Gasteiger partial charge in [-0.2, -0.15) is 0 Å². The molecule has 0 saturated carbocycles. The van der Waals surface area contributed by atoms with E-state index in [1.165, 1.54) is 12.1 Å². The first-order valence-corrected chi connectivity index (χ1v) is 9.00. The lowest BCUT2D eigenvalue weighted by atomic mass is 10.2. The molecule has 132 valence electrons. The highest BCUT2D eigenvalue weighted by molar-refractivity contribution is 9.10. The Morgan fingerprint density at radius 3 is 2.76 bits per heavy atom. The van der Waals surface area contributed by atoms with E-state index in [2.05, 4.69) is 33.5 Å². The highest BCUT2D eigenvalue weighted by atomic mass is 79.9. The molecular formula is C18H18BrFN2O2S. The molecule has 0 aromatic heterocycles. The third kappa shape index (κ3) is 5.79. The first-order chi connectivity index (χ1) is 12.0. The van der Waals surface area contributed by atoms with Gasteiger partial charge in [0, 0.05) is 4.47 Å². The molecule has 0 radical (unpaired) electrons. The average Bonchev–Trinajstić information content (AvgIpc) is 2.58. The van der Waals surface area contributed by atoms with Crippen molar-refractivity contribution in [3.8, 4) is 5.75 Å². The number of unbranched alkanes of at least 4 members (excludes halogenated alkanes) is 1. The number of halogens is 2. The Kier molecular flexibility index (Phi) is 7.33. The number of rotatable bonds is 6. The van der Waals surface area contributed by atoms with Crippen molar-refractivity contribution in [1.82, 2.24) is 5.32 Å². The molecule has 2 N–H and O–H groups in total. The number of anilines is 1. The monoisotopic (exact) mass is 424 g/mol. The first kappa shape index (κ1) is 19.3. The van der Waals surface area contributed by atoms with Crippen LogP contribution < -0.4 is 15.4 Å². The number of benzene rings is 2. The second-order valence-corrected chi connectivity index (χ2v) is 6.55. The molecule has 0 saturated heterocycles. The molecule has 0 aliphatic heterocycles. The van der Waals surface area contributed by atoms with Gasteiger partial charge < -0.3 is 10.1 Å². The van der Waals surface area contributed by atoms with E-state index < -0.39 is 11.7 Å². The maximum atomic E-state index is 13.6. The van der Waals surface area contributed by atoms with Crippen LogP contribution in [0.4, 0.5) is 10.1 Å². The standard InChI is InChI=1S/C18H18BrFN2O2S/c1-2-3-10-24-16-9-8-12(19)11-13(16)17(23)22-18(25)21-15-7-5-4-6-14(15)20/h4-9,11H,2-3,10H2,1H3,(H2,21,22,23,25). The number of nitrogens with one attached hydrogen (secondary N) is 2. The zero-order valence-electron chi connectivity index (χ0n) is 13.6. The van der Waals surface area contributed by atoms with Crippen molar-refractivity contribution >= 4 is 44.9 Å². The van der Waals surface area contributed by atoms with Gasteiger partial charge in [0.15, 0.2) is 5.11 Å². The maximum Gasteiger partial charge on any atom is 0.261 e.